The molecule has 190 valence electrons. The van der Waals surface area contributed by atoms with E-state index in [0.717, 1.165) is 32.5 Å². The number of amides is 1. The first-order chi connectivity index (χ1) is 19.0. The van der Waals surface area contributed by atoms with Crippen LogP contribution in [0.25, 0.3) is 29.1 Å². The van der Waals surface area contributed by atoms with E-state index in [2.05, 4.69) is 21.2 Å². The van der Waals surface area contributed by atoms with Crippen molar-refractivity contribution in [1.29, 1.82) is 0 Å². The lowest BCUT2D eigenvalue weighted by Crippen LogP contribution is -2.07. The van der Waals surface area contributed by atoms with Gasteiger partial charge in [0.05, 0.1) is 11.4 Å². The number of hydrogen-bond acceptors (Lipinski definition) is 3. The molecular formula is C33H24BrN3O2. The molecule has 0 aliphatic rings. The van der Waals surface area contributed by atoms with E-state index in [1.807, 2.05) is 91.1 Å². The van der Waals surface area contributed by atoms with E-state index in [9.17, 15) is 9.59 Å². The molecule has 0 aliphatic carbocycles. The van der Waals surface area contributed by atoms with Crippen LogP contribution in [0, 0.1) is 0 Å². The maximum Gasteiger partial charge on any atom is 0.248 e. The summed E-state index contributed by atoms with van der Waals surface area (Å²) in [5.74, 6) is -0.393. The fraction of sp³-hybridized carbons (Fsp3) is 0. The minimum atomic E-state index is -0.282. The van der Waals surface area contributed by atoms with E-state index in [-0.39, 0.29) is 11.7 Å². The number of carbonyl (C=O) groups excluding carboxylic acids is 2. The average molecular weight is 574 g/mol. The molecule has 4 aromatic carbocycles. The lowest BCUT2D eigenvalue weighted by Gasteiger charge is -2.03. The van der Waals surface area contributed by atoms with Crippen LogP contribution in [-0.2, 0) is 4.79 Å². The normalized spacial score (nSPS) is 11.2. The summed E-state index contributed by atoms with van der Waals surface area (Å²) >= 11 is 3.40. The van der Waals surface area contributed by atoms with Crippen molar-refractivity contribution in [1.82, 2.24) is 9.78 Å². The quantitative estimate of drug-likeness (QED) is 0.152. The number of hydrogen-bond donors (Lipinski definition) is 1. The van der Waals surface area contributed by atoms with Crippen LogP contribution in [0.1, 0.15) is 21.5 Å². The zero-order valence-electron chi connectivity index (χ0n) is 20.9. The fourth-order valence-electron chi connectivity index (χ4n) is 3.95. The van der Waals surface area contributed by atoms with Gasteiger partial charge in [-0.3, -0.25) is 9.59 Å². The Kier molecular flexibility index (Phi) is 8.05. The number of para-hydroxylation sites is 1. The van der Waals surface area contributed by atoms with Gasteiger partial charge in [0.1, 0.15) is 0 Å². The summed E-state index contributed by atoms with van der Waals surface area (Å²) in [7, 11) is 0. The molecule has 5 aromatic rings. The van der Waals surface area contributed by atoms with E-state index in [1.54, 1.807) is 47.2 Å². The molecule has 0 radical (unpaired) electrons. The van der Waals surface area contributed by atoms with Crippen molar-refractivity contribution in [2.24, 2.45) is 0 Å². The van der Waals surface area contributed by atoms with Crippen molar-refractivity contribution < 1.29 is 9.59 Å². The molecular weight excluding hydrogens is 550 g/mol. The number of anilines is 1. The molecule has 0 aliphatic heterocycles. The lowest BCUT2D eigenvalue weighted by molar-refractivity contribution is -0.111. The highest BCUT2D eigenvalue weighted by Crippen LogP contribution is 2.25. The molecule has 0 saturated heterocycles. The van der Waals surface area contributed by atoms with Gasteiger partial charge in [0.2, 0.25) is 5.91 Å². The van der Waals surface area contributed by atoms with Crippen molar-refractivity contribution in [3.05, 3.63) is 149 Å². The highest BCUT2D eigenvalue weighted by Gasteiger charge is 2.11. The highest BCUT2D eigenvalue weighted by molar-refractivity contribution is 9.10. The van der Waals surface area contributed by atoms with Gasteiger partial charge in [-0.15, -0.1) is 0 Å². The molecule has 0 saturated carbocycles. The molecule has 0 spiro atoms. The molecule has 5 nitrogen and oxygen atoms in total. The van der Waals surface area contributed by atoms with Gasteiger partial charge in [0.25, 0.3) is 0 Å². The van der Waals surface area contributed by atoms with Crippen molar-refractivity contribution in [3.63, 3.8) is 0 Å². The second kappa shape index (κ2) is 12.2. The number of carbonyl (C=O) groups is 2. The van der Waals surface area contributed by atoms with Crippen LogP contribution >= 0.6 is 15.9 Å². The third kappa shape index (κ3) is 6.74. The summed E-state index contributed by atoms with van der Waals surface area (Å²) < 4.78 is 2.79. The molecule has 5 rings (SSSR count). The molecule has 0 bridgehead atoms. The lowest BCUT2D eigenvalue weighted by atomic mass is 10.1. The summed E-state index contributed by atoms with van der Waals surface area (Å²) in [6.45, 7) is 0. The van der Waals surface area contributed by atoms with Crippen molar-refractivity contribution >= 4 is 45.5 Å². The maximum absolute atomic E-state index is 12.7. The summed E-state index contributed by atoms with van der Waals surface area (Å²) in [5, 5.41) is 7.62. The van der Waals surface area contributed by atoms with Crippen LogP contribution in [0.15, 0.2) is 132 Å². The number of aromatic nitrogens is 2. The second-order valence-electron chi connectivity index (χ2n) is 8.73. The molecule has 1 N–H and O–H groups in total. The molecule has 39 heavy (non-hydrogen) atoms. The smallest absolute Gasteiger partial charge is 0.248 e. The Balaban J connectivity index is 1.27. The van der Waals surface area contributed by atoms with Gasteiger partial charge < -0.3 is 5.32 Å². The van der Waals surface area contributed by atoms with E-state index in [4.69, 9.17) is 5.10 Å². The molecule has 1 amide bonds. The Morgan fingerprint density at radius 2 is 1.41 bits per heavy atom. The number of benzene rings is 4. The summed E-state index contributed by atoms with van der Waals surface area (Å²) in [5.41, 5.74) is 5.56. The zero-order chi connectivity index (χ0) is 27.0. The van der Waals surface area contributed by atoms with Crippen LogP contribution in [0.5, 0.6) is 0 Å². The Labute approximate surface area is 235 Å². The van der Waals surface area contributed by atoms with Gasteiger partial charge in [0.15, 0.2) is 5.78 Å². The summed E-state index contributed by atoms with van der Waals surface area (Å²) in [4.78, 5) is 25.2. The molecule has 1 aromatic heterocycles. The Morgan fingerprint density at radius 3 is 2.10 bits per heavy atom. The first-order valence-corrected chi connectivity index (χ1v) is 13.1. The molecule has 0 atom stereocenters. The van der Waals surface area contributed by atoms with Gasteiger partial charge in [-0.05, 0) is 66.2 Å². The van der Waals surface area contributed by atoms with Crippen LogP contribution in [0.3, 0.4) is 0 Å². The summed E-state index contributed by atoms with van der Waals surface area (Å²) in [6.07, 6.45) is 8.47. The average Bonchev–Trinajstić information content (AvgIpc) is 3.41. The topological polar surface area (TPSA) is 64.0 Å². The monoisotopic (exact) mass is 573 g/mol. The van der Waals surface area contributed by atoms with Gasteiger partial charge in [-0.2, -0.15) is 5.10 Å². The van der Waals surface area contributed by atoms with Gasteiger partial charge in [-0.25, -0.2) is 4.68 Å². The predicted molar refractivity (Wildman–Crippen MR) is 161 cm³/mol. The second-order valence-corrected chi connectivity index (χ2v) is 9.64. The van der Waals surface area contributed by atoms with E-state index in [1.165, 1.54) is 6.08 Å². The number of rotatable bonds is 8. The van der Waals surface area contributed by atoms with E-state index >= 15 is 0 Å². The number of ketones is 1. The first kappa shape index (κ1) is 25.8. The van der Waals surface area contributed by atoms with Crippen molar-refractivity contribution in [2.75, 3.05) is 5.32 Å². The van der Waals surface area contributed by atoms with E-state index in [0.29, 0.717) is 11.3 Å². The van der Waals surface area contributed by atoms with Crippen LogP contribution < -0.4 is 5.32 Å². The standard InChI is InChI=1S/C33H24BrN3O2/c34-28-17-11-24(12-18-28)13-21-31(38)25-14-19-29(20-15-25)35-32(39)22-16-27-23-37(30-9-5-2-6-10-30)36-33(27)26-7-3-1-4-8-26/h1-23H,(H,35,39)/b21-13+,22-16+. The fourth-order valence-corrected chi connectivity index (χ4v) is 4.22. The first-order valence-electron chi connectivity index (χ1n) is 12.3. The number of halogens is 1. The number of allylic oxidation sites excluding steroid dienone is 1. The zero-order valence-corrected chi connectivity index (χ0v) is 22.5. The van der Waals surface area contributed by atoms with Crippen molar-refractivity contribution in [3.8, 4) is 16.9 Å². The van der Waals surface area contributed by atoms with Crippen LogP contribution in [-0.4, -0.2) is 21.5 Å². The van der Waals surface area contributed by atoms with Crippen LogP contribution in [0.2, 0.25) is 0 Å². The number of nitrogens with one attached hydrogen (secondary N) is 1. The van der Waals surface area contributed by atoms with Crippen LogP contribution in [0.4, 0.5) is 5.69 Å². The SMILES string of the molecule is O=C(/C=C/c1cn(-c2ccccc2)nc1-c1ccccc1)Nc1ccc(C(=O)/C=C/c2ccc(Br)cc2)cc1. The van der Waals surface area contributed by atoms with Gasteiger partial charge in [-0.1, -0.05) is 82.7 Å². The maximum atomic E-state index is 12.7. The molecule has 1 heterocycles. The third-order valence-corrected chi connectivity index (χ3v) is 6.49. The minimum absolute atomic E-state index is 0.112. The highest BCUT2D eigenvalue weighted by atomic mass is 79.9. The largest absolute Gasteiger partial charge is 0.323 e. The molecule has 0 fully saturated rings. The molecule has 6 heteroatoms. The van der Waals surface area contributed by atoms with Gasteiger partial charge >= 0.3 is 0 Å². The Hall–Kier alpha value is -4.81. The number of nitrogens with zero attached hydrogens (tertiary/aromatic N) is 2. The van der Waals surface area contributed by atoms with E-state index < -0.39 is 0 Å². The van der Waals surface area contributed by atoms with Gasteiger partial charge in [0, 0.05) is 39.1 Å². The molecule has 0 unspecified atom stereocenters. The summed E-state index contributed by atoms with van der Waals surface area (Å²) in [6, 6.07) is 34.2. The Bertz CT molecular complexity index is 1640. The minimum Gasteiger partial charge on any atom is -0.323 e. The third-order valence-electron chi connectivity index (χ3n) is 5.96. The Morgan fingerprint density at radius 1 is 0.744 bits per heavy atom. The predicted octanol–water partition coefficient (Wildman–Crippen LogP) is 7.85. The van der Waals surface area contributed by atoms with Crippen molar-refractivity contribution in [2.45, 2.75) is 0 Å².